The van der Waals surface area contributed by atoms with Crippen LogP contribution in [0.3, 0.4) is 0 Å². The number of fused-ring (bicyclic) bond motifs is 1. The van der Waals surface area contributed by atoms with Gasteiger partial charge in [0, 0.05) is 57.1 Å². The number of carbonyl (C=O) groups is 1. The summed E-state index contributed by atoms with van der Waals surface area (Å²) in [5.74, 6) is -0.641. The lowest BCUT2D eigenvalue weighted by atomic mass is 10.0. The number of urea groups is 1. The number of aromatic amines is 1. The molecule has 2 aromatic heterocycles. The van der Waals surface area contributed by atoms with Crippen molar-refractivity contribution in [3.8, 4) is 11.3 Å². The molecule has 10 nitrogen and oxygen atoms in total. The van der Waals surface area contributed by atoms with E-state index in [4.69, 9.17) is 0 Å². The number of nitrogens with zero attached hydrogens (tertiary/aromatic N) is 5. The first-order valence-corrected chi connectivity index (χ1v) is 12.9. The summed E-state index contributed by atoms with van der Waals surface area (Å²) in [5, 5.41) is 9.20. The normalized spacial score (nSPS) is 15.0. The second kappa shape index (κ2) is 11.5. The Hall–Kier alpha value is -4.37. The summed E-state index contributed by atoms with van der Waals surface area (Å²) >= 11 is 0. The van der Waals surface area contributed by atoms with Crippen molar-refractivity contribution >= 4 is 28.4 Å². The highest BCUT2D eigenvalue weighted by molar-refractivity contribution is 5.99. The Morgan fingerprint density at radius 2 is 1.76 bits per heavy atom. The molecule has 1 aliphatic rings. The Kier molecular flexibility index (Phi) is 7.97. The summed E-state index contributed by atoms with van der Waals surface area (Å²) in [6, 6.07) is 8.83. The predicted molar refractivity (Wildman–Crippen MR) is 146 cm³/mol. The number of hydrogen-bond acceptors (Lipinski definition) is 6. The number of benzene rings is 2. The number of alkyl halides is 5. The van der Waals surface area contributed by atoms with Gasteiger partial charge in [-0.1, -0.05) is 12.1 Å². The molecule has 2 amide bonds. The van der Waals surface area contributed by atoms with Gasteiger partial charge in [-0.3, -0.25) is 19.7 Å². The zero-order chi connectivity index (χ0) is 30.2. The fraction of sp³-hybridized carbons (Fsp3) is 0.333. The van der Waals surface area contributed by atoms with E-state index in [0.29, 0.717) is 24.3 Å². The Morgan fingerprint density at radius 3 is 2.45 bits per heavy atom. The number of anilines is 2. The van der Waals surface area contributed by atoms with Gasteiger partial charge >= 0.3 is 12.2 Å². The van der Waals surface area contributed by atoms with Gasteiger partial charge in [0.25, 0.3) is 12.0 Å². The lowest BCUT2D eigenvalue weighted by molar-refractivity contribution is -0.138. The van der Waals surface area contributed by atoms with E-state index in [0.717, 1.165) is 19.2 Å². The number of hydrogen-bond donors (Lipinski definition) is 3. The number of likely N-dealkylation sites (N-methyl/N-ethyl adjacent to an activating group) is 1. The van der Waals surface area contributed by atoms with Crippen LogP contribution in [0, 0.1) is 0 Å². The summed E-state index contributed by atoms with van der Waals surface area (Å²) in [4.78, 5) is 34.9. The van der Waals surface area contributed by atoms with Gasteiger partial charge in [-0.2, -0.15) is 18.3 Å². The van der Waals surface area contributed by atoms with Crippen molar-refractivity contribution in [2.24, 2.45) is 7.05 Å². The number of piperazine rings is 1. The first-order valence-electron chi connectivity index (χ1n) is 12.9. The molecule has 1 aliphatic heterocycles. The van der Waals surface area contributed by atoms with Crippen molar-refractivity contribution < 1.29 is 26.7 Å². The van der Waals surface area contributed by atoms with E-state index in [9.17, 15) is 31.5 Å². The third kappa shape index (κ3) is 6.41. The smallest absolute Gasteiger partial charge is 0.308 e. The second-order valence-electron chi connectivity index (χ2n) is 10.1. The van der Waals surface area contributed by atoms with Crippen LogP contribution in [0.1, 0.15) is 23.4 Å². The maximum atomic E-state index is 13.9. The van der Waals surface area contributed by atoms with Crippen LogP contribution in [-0.4, -0.2) is 68.8 Å². The van der Waals surface area contributed by atoms with Crippen LogP contribution in [0.5, 0.6) is 0 Å². The number of rotatable bonds is 6. The Bertz CT molecular complexity index is 1680. The van der Waals surface area contributed by atoms with Crippen LogP contribution in [-0.2, 0) is 19.8 Å². The number of carbonyl (C=O) groups excluding carboxylic acids is 1. The molecule has 222 valence electrons. The molecule has 0 saturated carbocycles. The summed E-state index contributed by atoms with van der Waals surface area (Å²) in [5.41, 5.74) is -0.410. The van der Waals surface area contributed by atoms with Gasteiger partial charge < -0.3 is 15.2 Å². The standard InChI is InChI=1S/C27H27F5N8O2/c1-38-7-9-40(10-8-38)14-16-3-5-17(12-19(16)27(30,31)32)33-26(42)35-22-13-21(39(2)37-22)15-4-6-20-18(11-15)25(41)36-24(34-20)23(28)29/h3-6,11-13,23H,7-10,14H2,1-2H3,(H,34,36,41)(H2,33,35,37,42). The van der Waals surface area contributed by atoms with E-state index < -0.39 is 35.6 Å². The van der Waals surface area contributed by atoms with E-state index >= 15 is 0 Å². The van der Waals surface area contributed by atoms with Crippen molar-refractivity contribution in [1.29, 1.82) is 0 Å². The molecule has 42 heavy (non-hydrogen) atoms. The summed E-state index contributed by atoms with van der Waals surface area (Å²) in [6.07, 6.45) is -7.54. The first-order chi connectivity index (χ1) is 19.9. The Morgan fingerprint density at radius 1 is 1.02 bits per heavy atom. The van der Waals surface area contributed by atoms with Gasteiger partial charge in [-0.15, -0.1) is 0 Å². The fourth-order valence-electron chi connectivity index (χ4n) is 4.80. The first kappa shape index (κ1) is 29.1. The van der Waals surface area contributed by atoms with Crippen LogP contribution in [0.4, 0.5) is 38.3 Å². The molecular formula is C27H27F5N8O2. The van der Waals surface area contributed by atoms with Crippen molar-refractivity contribution in [2.45, 2.75) is 19.1 Å². The molecule has 2 aromatic carbocycles. The van der Waals surface area contributed by atoms with Gasteiger partial charge in [0.1, 0.15) is 0 Å². The minimum Gasteiger partial charge on any atom is -0.308 e. The molecule has 15 heteroatoms. The lowest BCUT2D eigenvalue weighted by Crippen LogP contribution is -2.44. The predicted octanol–water partition coefficient (Wildman–Crippen LogP) is 4.67. The highest BCUT2D eigenvalue weighted by Crippen LogP contribution is 2.35. The number of aromatic nitrogens is 4. The molecule has 0 bridgehead atoms. The van der Waals surface area contributed by atoms with E-state index in [1.54, 1.807) is 13.1 Å². The van der Waals surface area contributed by atoms with Crippen LogP contribution in [0.25, 0.3) is 22.2 Å². The quantitative estimate of drug-likeness (QED) is 0.282. The van der Waals surface area contributed by atoms with E-state index in [-0.39, 0.29) is 34.5 Å². The molecule has 1 saturated heterocycles. The Balaban J connectivity index is 1.31. The average Bonchev–Trinajstić information content (AvgIpc) is 3.29. The Labute approximate surface area is 236 Å². The molecular weight excluding hydrogens is 563 g/mol. The van der Waals surface area contributed by atoms with Gasteiger partial charge in [0.15, 0.2) is 11.6 Å². The molecule has 0 radical (unpaired) electrons. The maximum Gasteiger partial charge on any atom is 0.416 e. The SMILES string of the molecule is CN1CCN(Cc2ccc(NC(=O)Nc3cc(-c4ccc5nc(C(F)F)[nH]c(=O)c5c4)n(C)n3)cc2C(F)(F)F)CC1. The maximum absolute atomic E-state index is 13.9. The molecule has 0 spiro atoms. The van der Waals surface area contributed by atoms with Crippen molar-refractivity contribution in [1.82, 2.24) is 29.5 Å². The van der Waals surface area contributed by atoms with Crippen molar-refractivity contribution in [3.63, 3.8) is 0 Å². The van der Waals surface area contributed by atoms with Crippen molar-refractivity contribution in [3.05, 3.63) is 69.8 Å². The second-order valence-corrected chi connectivity index (χ2v) is 10.1. The third-order valence-corrected chi connectivity index (χ3v) is 7.01. The molecule has 0 unspecified atom stereocenters. The zero-order valence-corrected chi connectivity index (χ0v) is 22.6. The van der Waals surface area contributed by atoms with E-state index in [1.165, 1.54) is 35.0 Å². The summed E-state index contributed by atoms with van der Waals surface area (Å²) in [7, 11) is 3.55. The minimum absolute atomic E-state index is 0.0393. The monoisotopic (exact) mass is 590 g/mol. The van der Waals surface area contributed by atoms with Gasteiger partial charge in [0.2, 0.25) is 0 Å². The molecule has 0 aliphatic carbocycles. The van der Waals surface area contributed by atoms with E-state index in [1.807, 2.05) is 11.9 Å². The molecule has 0 atom stereocenters. The molecule has 3 heterocycles. The topological polar surface area (TPSA) is 111 Å². The van der Waals surface area contributed by atoms with Crippen LogP contribution < -0.4 is 16.2 Å². The van der Waals surface area contributed by atoms with E-state index in [2.05, 4.69) is 30.6 Å². The minimum atomic E-state index is -4.61. The molecule has 3 N–H and O–H groups in total. The molecule has 1 fully saturated rings. The lowest BCUT2D eigenvalue weighted by Gasteiger charge is -2.33. The fourth-order valence-corrected chi connectivity index (χ4v) is 4.80. The van der Waals surface area contributed by atoms with Crippen molar-refractivity contribution in [2.75, 3.05) is 43.9 Å². The summed E-state index contributed by atoms with van der Waals surface area (Å²) in [6.45, 7) is 3.02. The molecule has 4 aromatic rings. The average molecular weight is 591 g/mol. The number of amides is 2. The highest BCUT2D eigenvalue weighted by Gasteiger charge is 2.34. The van der Waals surface area contributed by atoms with Crippen LogP contribution >= 0.6 is 0 Å². The van der Waals surface area contributed by atoms with Crippen LogP contribution in [0.2, 0.25) is 0 Å². The van der Waals surface area contributed by atoms with Gasteiger partial charge in [-0.25, -0.2) is 18.6 Å². The zero-order valence-electron chi connectivity index (χ0n) is 22.6. The van der Waals surface area contributed by atoms with Gasteiger partial charge in [0.05, 0.1) is 22.2 Å². The number of aryl methyl sites for hydroxylation is 1. The number of H-pyrrole nitrogens is 1. The third-order valence-electron chi connectivity index (χ3n) is 7.01. The largest absolute Gasteiger partial charge is 0.416 e. The van der Waals surface area contributed by atoms with Crippen LogP contribution in [0.15, 0.2) is 47.3 Å². The van der Waals surface area contributed by atoms with Gasteiger partial charge in [-0.05, 0) is 36.9 Å². The number of halogens is 5. The molecule has 5 rings (SSSR count). The summed E-state index contributed by atoms with van der Waals surface area (Å²) < 4.78 is 69.0. The number of nitrogens with one attached hydrogen (secondary N) is 3. The highest BCUT2D eigenvalue weighted by atomic mass is 19.4.